The first-order chi connectivity index (χ1) is 12.4. The molecule has 2 saturated heterocycles. The molecular weight excluding hydrogens is 368 g/mol. The number of aromatic nitrogens is 1. The van der Waals surface area contributed by atoms with Crippen molar-refractivity contribution < 1.29 is 31.8 Å². The molecule has 2 aliphatic heterocycles. The Morgan fingerprint density at radius 2 is 1.96 bits per heavy atom. The van der Waals surface area contributed by atoms with Crippen LogP contribution in [0.25, 0.3) is 0 Å². The zero-order chi connectivity index (χ0) is 20.0. The second-order valence-corrected chi connectivity index (χ2v) is 8.04. The fraction of sp³-hybridized carbons (Fsp3) is 0.667. The summed E-state index contributed by atoms with van der Waals surface area (Å²) >= 11 is 0. The average molecular weight is 390 g/mol. The van der Waals surface area contributed by atoms with Crippen molar-refractivity contribution >= 4 is 6.09 Å². The lowest BCUT2D eigenvalue weighted by atomic mass is 9.78. The Labute approximate surface area is 154 Å². The van der Waals surface area contributed by atoms with Gasteiger partial charge in [0.15, 0.2) is 5.82 Å². The number of rotatable bonds is 2. The van der Waals surface area contributed by atoms with Gasteiger partial charge in [-0.05, 0) is 52.0 Å². The number of piperidine rings is 2. The van der Waals surface area contributed by atoms with Crippen LogP contribution in [-0.2, 0) is 10.9 Å². The van der Waals surface area contributed by atoms with E-state index < -0.39 is 41.2 Å². The first kappa shape index (κ1) is 19.7. The first-order valence-electron chi connectivity index (χ1n) is 8.83. The third kappa shape index (κ3) is 4.44. The van der Waals surface area contributed by atoms with Gasteiger partial charge in [-0.1, -0.05) is 0 Å². The van der Waals surface area contributed by atoms with Crippen LogP contribution in [0.2, 0.25) is 0 Å². The minimum absolute atomic E-state index is 0.171. The predicted molar refractivity (Wildman–Crippen MR) is 87.7 cm³/mol. The van der Waals surface area contributed by atoms with Crippen LogP contribution in [0, 0.1) is 11.7 Å². The van der Waals surface area contributed by atoms with E-state index in [4.69, 9.17) is 9.47 Å². The molecule has 3 atom stereocenters. The molecule has 0 aromatic carbocycles. The summed E-state index contributed by atoms with van der Waals surface area (Å²) in [6, 6.07) is 0.0445. The SMILES string of the molecule is CC(C)(C)OC(=O)N1CC2CCC1C(Oc1ncc(C(F)(F)F)cc1F)C2. The molecular formula is C18H22F4N2O3. The molecule has 1 amide bonds. The van der Waals surface area contributed by atoms with E-state index in [-0.39, 0.29) is 12.0 Å². The van der Waals surface area contributed by atoms with Crippen molar-refractivity contribution in [3.8, 4) is 5.88 Å². The molecule has 3 heterocycles. The van der Waals surface area contributed by atoms with Crippen molar-refractivity contribution in [3.05, 3.63) is 23.6 Å². The van der Waals surface area contributed by atoms with Gasteiger partial charge in [0.25, 0.3) is 5.88 Å². The maximum atomic E-state index is 14.1. The van der Waals surface area contributed by atoms with Crippen LogP contribution in [-0.4, -0.2) is 40.3 Å². The van der Waals surface area contributed by atoms with Gasteiger partial charge in [-0.25, -0.2) is 14.2 Å². The van der Waals surface area contributed by atoms with Gasteiger partial charge in [-0.3, -0.25) is 0 Å². The summed E-state index contributed by atoms with van der Waals surface area (Å²) in [7, 11) is 0. The molecule has 27 heavy (non-hydrogen) atoms. The zero-order valence-corrected chi connectivity index (χ0v) is 15.3. The molecule has 9 heteroatoms. The number of fused-ring (bicyclic) bond motifs is 3. The largest absolute Gasteiger partial charge is 0.470 e. The topological polar surface area (TPSA) is 51.7 Å². The number of hydrogen-bond donors (Lipinski definition) is 0. The molecule has 4 rings (SSSR count). The average Bonchev–Trinajstić information content (AvgIpc) is 2.54. The molecule has 2 bridgehead atoms. The molecule has 1 aromatic rings. The Kier molecular flexibility index (Phi) is 4.98. The molecule has 5 nitrogen and oxygen atoms in total. The predicted octanol–water partition coefficient (Wildman–Crippen LogP) is 4.41. The van der Waals surface area contributed by atoms with Gasteiger partial charge < -0.3 is 14.4 Å². The summed E-state index contributed by atoms with van der Waals surface area (Å²) in [5.74, 6) is -1.48. The molecule has 1 aliphatic carbocycles. The summed E-state index contributed by atoms with van der Waals surface area (Å²) in [6.45, 7) is 5.83. The van der Waals surface area contributed by atoms with Gasteiger partial charge in [0.2, 0.25) is 0 Å². The lowest BCUT2D eigenvalue weighted by Gasteiger charge is -2.49. The van der Waals surface area contributed by atoms with Crippen molar-refractivity contribution in [2.24, 2.45) is 5.92 Å². The van der Waals surface area contributed by atoms with Gasteiger partial charge in [-0.15, -0.1) is 0 Å². The van der Waals surface area contributed by atoms with E-state index in [1.54, 1.807) is 25.7 Å². The normalized spacial score (nSPS) is 25.4. The third-order valence-corrected chi connectivity index (χ3v) is 4.75. The van der Waals surface area contributed by atoms with Crippen LogP contribution in [0.5, 0.6) is 5.88 Å². The Morgan fingerprint density at radius 3 is 2.52 bits per heavy atom. The number of ether oxygens (including phenoxy) is 2. The lowest BCUT2D eigenvalue weighted by Crippen LogP contribution is -2.60. The van der Waals surface area contributed by atoms with E-state index in [1.807, 2.05) is 0 Å². The van der Waals surface area contributed by atoms with Crippen LogP contribution in [0.3, 0.4) is 0 Å². The smallest absolute Gasteiger partial charge is 0.417 e. The Balaban J connectivity index is 1.75. The van der Waals surface area contributed by atoms with Crippen LogP contribution in [0.15, 0.2) is 12.3 Å². The van der Waals surface area contributed by atoms with Crippen molar-refractivity contribution in [2.45, 2.75) is 64.0 Å². The molecule has 0 spiro atoms. The number of pyridine rings is 1. The highest BCUT2D eigenvalue weighted by Gasteiger charge is 2.46. The second kappa shape index (κ2) is 6.83. The van der Waals surface area contributed by atoms with Crippen LogP contribution in [0.1, 0.15) is 45.6 Å². The number of alkyl halides is 3. The van der Waals surface area contributed by atoms with Crippen molar-refractivity contribution in [2.75, 3.05) is 6.54 Å². The molecule has 3 aliphatic rings. The molecule has 3 unspecified atom stereocenters. The van der Waals surface area contributed by atoms with Crippen molar-refractivity contribution in [1.29, 1.82) is 0 Å². The zero-order valence-electron chi connectivity index (χ0n) is 15.3. The Morgan fingerprint density at radius 1 is 1.26 bits per heavy atom. The first-order valence-corrected chi connectivity index (χ1v) is 8.83. The highest BCUT2D eigenvalue weighted by atomic mass is 19.4. The van der Waals surface area contributed by atoms with Gasteiger partial charge in [0.05, 0.1) is 11.6 Å². The number of hydrogen-bond acceptors (Lipinski definition) is 4. The van der Waals surface area contributed by atoms with E-state index in [0.717, 1.165) is 6.42 Å². The molecule has 0 radical (unpaired) electrons. The van der Waals surface area contributed by atoms with E-state index >= 15 is 0 Å². The highest BCUT2D eigenvalue weighted by Crippen LogP contribution is 2.38. The van der Waals surface area contributed by atoms with E-state index in [0.29, 0.717) is 31.6 Å². The lowest BCUT2D eigenvalue weighted by molar-refractivity contribution is -0.138. The summed E-state index contributed by atoms with van der Waals surface area (Å²) in [6.07, 6.45) is -2.97. The van der Waals surface area contributed by atoms with E-state index in [2.05, 4.69) is 4.98 Å². The molecule has 150 valence electrons. The maximum Gasteiger partial charge on any atom is 0.417 e. The summed E-state index contributed by atoms with van der Waals surface area (Å²) in [5, 5.41) is 0. The molecule has 1 aromatic heterocycles. The van der Waals surface area contributed by atoms with Crippen molar-refractivity contribution in [3.63, 3.8) is 0 Å². The molecule has 1 saturated carbocycles. The Bertz CT molecular complexity index is 718. The molecule has 0 N–H and O–H groups in total. The van der Waals surface area contributed by atoms with E-state index in [9.17, 15) is 22.4 Å². The van der Waals surface area contributed by atoms with E-state index in [1.165, 1.54) is 0 Å². The highest BCUT2D eigenvalue weighted by molar-refractivity contribution is 5.69. The van der Waals surface area contributed by atoms with Crippen LogP contribution < -0.4 is 4.74 Å². The fourth-order valence-electron chi connectivity index (χ4n) is 3.60. The van der Waals surface area contributed by atoms with Gasteiger partial charge in [0.1, 0.15) is 11.7 Å². The van der Waals surface area contributed by atoms with Crippen LogP contribution >= 0.6 is 0 Å². The van der Waals surface area contributed by atoms with Crippen LogP contribution in [0.4, 0.5) is 22.4 Å². The minimum atomic E-state index is -4.68. The number of carbonyl (C=O) groups is 1. The summed E-state index contributed by atoms with van der Waals surface area (Å²) in [5.41, 5.74) is -1.82. The van der Waals surface area contributed by atoms with Gasteiger partial charge >= 0.3 is 12.3 Å². The number of amides is 1. The summed E-state index contributed by atoms with van der Waals surface area (Å²) < 4.78 is 63.0. The number of nitrogens with zero attached hydrogens (tertiary/aromatic N) is 2. The monoisotopic (exact) mass is 390 g/mol. The fourth-order valence-corrected chi connectivity index (χ4v) is 3.60. The molecule has 3 fully saturated rings. The van der Waals surface area contributed by atoms with Gasteiger partial charge in [0, 0.05) is 12.7 Å². The minimum Gasteiger partial charge on any atom is -0.470 e. The number of carbonyl (C=O) groups excluding carboxylic acids is 1. The third-order valence-electron chi connectivity index (χ3n) is 4.75. The summed E-state index contributed by atoms with van der Waals surface area (Å²) in [4.78, 5) is 17.5. The second-order valence-electron chi connectivity index (χ2n) is 8.04. The quantitative estimate of drug-likeness (QED) is 0.702. The van der Waals surface area contributed by atoms with Gasteiger partial charge in [-0.2, -0.15) is 13.2 Å². The maximum absolute atomic E-state index is 14.1. The number of halogens is 4. The Hall–Kier alpha value is -2.06. The standard InChI is InChI=1S/C18H22F4N2O3/c1-17(2,3)27-16(25)24-9-10-4-5-13(24)14(6-10)26-15-12(19)7-11(8-23-15)18(20,21)22/h7-8,10,13-14H,4-6,9H2,1-3H3. The van der Waals surface area contributed by atoms with Crippen molar-refractivity contribution in [1.82, 2.24) is 9.88 Å².